The molecule has 0 radical (unpaired) electrons. The number of benzene rings is 2. The van der Waals surface area contributed by atoms with E-state index in [1.807, 2.05) is 43.3 Å². The number of hydrogen-bond donors (Lipinski definition) is 1. The van der Waals surface area contributed by atoms with Gasteiger partial charge in [-0.2, -0.15) is 0 Å². The second-order valence-electron chi connectivity index (χ2n) is 6.52. The van der Waals surface area contributed by atoms with Crippen LogP contribution >= 0.6 is 0 Å². The second kappa shape index (κ2) is 9.97. The highest BCUT2D eigenvalue weighted by Gasteiger charge is 2.15. The first-order chi connectivity index (χ1) is 12.5. The highest BCUT2D eigenvalue weighted by molar-refractivity contribution is 5.80. The summed E-state index contributed by atoms with van der Waals surface area (Å²) < 4.78 is 5.75. The Morgan fingerprint density at radius 2 is 1.77 bits per heavy atom. The zero-order valence-corrected chi connectivity index (χ0v) is 16.3. The fraction of sp³-hybridized carbons (Fsp3) is 0.409. The van der Waals surface area contributed by atoms with Crippen molar-refractivity contribution in [3.8, 4) is 5.75 Å². The molecule has 1 N–H and O–H groups in total. The molecular formula is C22H30N2O2. The van der Waals surface area contributed by atoms with Crippen LogP contribution in [0.15, 0.2) is 48.5 Å². The Balaban J connectivity index is 1.94. The lowest BCUT2D eigenvalue weighted by molar-refractivity contribution is -0.127. The van der Waals surface area contributed by atoms with E-state index in [9.17, 15) is 4.79 Å². The van der Waals surface area contributed by atoms with Crippen LogP contribution in [0.2, 0.25) is 0 Å². The van der Waals surface area contributed by atoms with Gasteiger partial charge in [-0.15, -0.1) is 0 Å². The van der Waals surface area contributed by atoms with Crippen molar-refractivity contribution in [2.45, 2.75) is 46.9 Å². The normalized spacial score (nSPS) is 12.0. The first kappa shape index (κ1) is 20.0. The molecule has 4 heteroatoms. The molecule has 2 aromatic carbocycles. The van der Waals surface area contributed by atoms with Gasteiger partial charge in [0.1, 0.15) is 5.75 Å². The lowest BCUT2D eigenvalue weighted by atomic mass is 10.1. The van der Waals surface area contributed by atoms with Crippen LogP contribution in [0.5, 0.6) is 5.75 Å². The molecule has 0 fully saturated rings. The van der Waals surface area contributed by atoms with E-state index in [1.54, 1.807) is 6.92 Å². The van der Waals surface area contributed by atoms with Crippen molar-refractivity contribution in [2.24, 2.45) is 0 Å². The van der Waals surface area contributed by atoms with E-state index in [-0.39, 0.29) is 5.91 Å². The van der Waals surface area contributed by atoms with Crippen LogP contribution in [0.25, 0.3) is 0 Å². The quantitative estimate of drug-likeness (QED) is 0.742. The zero-order chi connectivity index (χ0) is 18.9. The van der Waals surface area contributed by atoms with Gasteiger partial charge in [-0.25, -0.2) is 0 Å². The Morgan fingerprint density at radius 1 is 1.08 bits per heavy atom. The van der Waals surface area contributed by atoms with Crippen LogP contribution in [-0.4, -0.2) is 30.0 Å². The molecular weight excluding hydrogens is 324 g/mol. The van der Waals surface area contributed by atoms with Crippen LogP contribution < -0.4 is 10.1 Å². The number of aryl methyl sites for hydroxylation is 1. The molecule has 0 aliphatic carbocycles. The van der Waals surface area contributed by atoms with Gasteiger partial charge in [-0.1, -0.05) is 50.2 Å². The second-order valence-corrected chi connectivity index (χ2v) is 6.52. The van der Waals surface area contributed by atoms with Gasteiger partial charge >= 0.3 is 0 Å². The lowest BCUT2D eigenvalue weighted by Crippen LogP contribution is -2.36. The number of ether oxygens (including phenoxy) is 1. The lowest BCUT2D eigenvalue weighted by Gasteiger charge is -2.21. The van der Waals surface area contributed by atoms with Crippen molar-refractivity contribution >= 4 is 5.91 Å². The number of nitrogens with one attached hydrogen (secondary N) is 1. The molecule has 0 bridgehead atoms. The molecule has 0 saturated carbocycles. The Kier molecular flexibility index (Phi) is 7.67. The van der Waals surface area contributed by atoms with Crippen LogP contribution in [0.1, 0.15) is 37.5 Å². The number of rotatable bonds is 9. The summed E-state index contributed by atoms with van der Waals surface area (Å²) >= 11 is 0. The minimum absolute atomic E-state index is 0.107. The van der Waals surface area contributed by atoms with Crippen molar-refractivity contribution in [1.29, 1.82) is 0 Å². The van der Waals surface area contributed by atoms with Gasteiger partial charge in [0.2, 0.25) is 0 Å². The van der Waals surface area contributed by atoms with Crippen molar-refractivity contribution < 1.29 is 9.53 Å². The fourth-order valence-electron chi connectivity index (χ4n) is 2.84. The summed E-state index contributed by atoms with van der Waals surface area (Å²) in [6, 6.07) is 16.0. The first-order valence-electron chi connectivity index (χ1n) is 9.33. The third-order valence-corrected chi connectivity index (χ3v) is 4.53. The Bertz CT molecular complexity index is 711. The molecule has 0 spiro atoms. The van der Waals surface area contributed by atoms with Crippen LogP contribution in [0.3, 0.4) is 0 Å². The molecule has 0 aromatic heterocycles. The van der Waals surface area contributed by atoms with Crippen molar-refractivity contribution in [1.82, 2.24) is 10.2 Å². The van der Waals surface area contributed by atoms with Gasteiger partial charge in [0.15, 0.2) is 6.10 Å². The summed E-state index contributed by atoms with van der Waals surface area (Å²) in [6.07, 6.45) is -0.535. The molecule has 1 atom stereocenters. The smallest absolute Gasteiger partial charge is 0.261 e. The number of carbonyl (C=O) groups excluding carboxylic acids is 1. The molecule has 140 valence electrons. The van der Waals surface area contributed by atoms with Gasteiger partial charge in [0.25, 0.3) is 5.91 Å². The molecule has 4 nitrogen and oxygen atoms in total. The van der Waals surface area contributed by atoms with E-state index in [2.05, 4.69) is 36.2 Å². The third-order valence-electron chi connectivity index (χ3n) is 4.53. The van der Waals surface area contributed by atoms with Crippen LogP contribution in [0, 0.1) is 6.92 Å². The summed E-state index contributed by atoms with van der Waals surface area (Å²) in [7, 11) is 0. The minimum Gasteiger partial charge on any atom is -0.481 e. The van der Waals surface area contributed by atoms with Gasteiger partial charge in [-0.3, -0.25) is 9.69 Å². The number of amides is 1. The summed E-state index contributed by atoms with van der Waals surface area (Å²) in [5.41, 5.74) is 3.51. The van der Waals surface area contributed by atoms with E-state index in [1.165, 1.54) is 5.56 Å². The summed E-state index contributed by atoms with van der Waals surface area (Å²) in [6.45, 7) is 11.5. The molecule has 0 saturated heterocycles. The minimum atomic E-state index is -0.535. The summed E-state index contributed by atoms with van der Waals surface area (Å²) in [5.74, 6) is 0.610. The largest absolute Gasteiger partial charge is 0.481 e. The summed E-state index contributed by atoms with van der Waals surface area (Å²) in [5, 5.41) is 3.00. The zero-order valence-electron chi connectivity index (χ0n) is 16.3. The maximum Gasteiger partial charge on any atom is 0.261 e. The van der Waals surface area contributed by atoms with E-state index in [0.29, 0.717) is 6.54 Å². The number of nitrogens with zero attached hydrogens (tertiary/aromatic N) is 1. The predicted molar refractivity (Wildman–Crippen MR) is 106 cm³/mol. The molecule has 0 heterocycles. The maximum atomic E-state index is 12.4. The molecule has 26 heavy (non-hydrogen) atoms. The highest BCUT2D eigenvalue weighted by Crippen LogP contribution is 2.15. The highest BCUT2D eigenvalue weighted by atomic mass is 16.5. The van der Waals surface area contributed by atoms with E-state index in [0.717, 1.165) is 36.5 Å². The molecule has 1 unspecified atom stereocenters. The van der Waals surface area contributed by atoms with Crippen LogP contribution in [0.4, 0.5) is 0 Å². The van der Waals surface area contributed by atoms with Crippen molar-refractivity contribution in [3.63, 3.8) is 0 Å². The Hall–Kier alpha value is -2.33. The van der Waals surface area contributed by atoms with Gasteiger partial charge in [0.05, 0.1) is 0 Å². The van der Waals surface area contributed by atoms with Crippen molar-refractivity contribution in [3.05, 3.63) is 65.2 Å². The van der Waals surface area contributed by atoms with E-state index in [4.69, 9.17) is 4.74 Å². The van der Waals surface area contributed by atoms with E-state index < -0.39 is 6.10 Å². The van der Waals surface area contributed by atoms with E-state index >= 15 is 0 Å². The molecule has 2 aromatic rings. The average molecular weight is 354 g/mol. The maximum absolute atomic E-state index is 12.4. The SMILES string of the molecule is CCN(CC)Cc1ccccc1CNC(=O)C(C)Oc1cccc(C)c1. The van der Waals surface area contributed by atoms with Gasteiger partial charge in [0, 0.05) is 13.1 Å². The number of carbonyl (C=O) groups is 1. The predicted octanol–water partition coefficient (Wildman–Crippen LogP) is 3.92. The molecule has 1 amide bonds. The topological polar surface area (TPSA) is 41.6 Å². The first-order valence-corrected chi connectivity index (χ1v) is 9.33. The fourth-order valence-corrected chi connectivity index (χ4v) is 2.84. The Labute approximate surface area is 157 Å². The average Bonchev–Trinajstić information content (AvgIpc) is 2.64. The monoisotopic (exact) mass is 354 g/mol. The van der Waals surface area contributed by atoms with Gasteiger partial charge < -0.3 is 10.1 Å². The molecule has 2 rings (SSSR count). The van der Waals surface area contributed by atoms with Crippen LogP contribution in [-0.2, 0) is 17.9 Å². The standard InChI is InChI=1S/C22H30N2O2/c1-5-24(6-2)16-20-12-8-7-11-19(20)15-23-22(25)18(4)26-21-13-9-10-17(3)14-21/h7-14,18H,5-6,15-16H2,1-4H3,(H,23,25). The molecule has 0 aliphatic heterocycles. The van der Waals surface area contributed by atoms with Crippen molar-refractivity contribution in [2.75, 3.05) is 13.1 Å². The third kappa shape index (κ3) is 5.88. The van der Waals surface area contributed by atoms with Gasteiger partial charge in [-0.05, 0) is 55.8 Å². The summed E-state index contributed by atoms with van der Waals surface area (Å²) in [4.78, 5) is 14.8. The number of hydrogen-bond acceptors (Lipinski definition) is 3. The molecule has 0 aliphatic rings. The Morgan fingerprint density at radius 3 is 2.42 bits per heavy atom.